The van der Waals surface area contributed by atoms with Crippen LogP contribution in [0, 0.1) is 0 Å². The minimum Gasteiger partial charge on any atom is -0.378 e. The lowest BCUT2D eigenvalue weighted by atomic mass is 10.1. The van der Waals surface area contributed by atoms with E-state index < -0.39 is 0 Å². The largest absolute Gasteiger partial charge is 0.378 e. The highest BCUT2D eigenvalue weighted by molar-refractivity contribution is 4.69. The van der Waals surface area contributed by atoms with Gasteiger partial charge in [0.15, 0.2) is 0 Å². The van der Waals surface area contributed by atoms with Gasteiger partial charge in [-0.2, -0.15) is 0 Å². The van der Waals surface area contributed by atoms with Gasteiger partial charge in [0.05, 0.1) is 6.10 Å². The molecule has 48 valence electrons. The second-order valence-corrected chi connectivity index (χ2v) is 2.47. The first-order valence-electron chi connectivity index (χ1n) is 3.16. The molecule has 0 amide bonds. The molecule has 0 aromatic heterocycles. The van der Waals surface area contributed by atoms with Crippen LogP contribution >= 0.6 is 0 Å². The molecule has 0 aromatic carbocycles. The second-order valence-electron chi connectivity index (χ2n) is 2.47. The third-order valence-corrected chi connectivity index (χ3v) is 1.53. The van der Waals surface area contributed by atoms with Gasteiger partial charge in [-0.3, -0.25) is 0 Å². The van der Waals surface area contributed by atoms with Crippen LogP contribution in [0.5, 0.6) is 0 Å². The Morgan fingerprint density at radius 1 is 1.62 bits per heavy atom. The summed E-state index contributed by atoms with van der Waals surface area (Å²) in [4.78, 5) is 0. The van der Waals surface area contributed by atoms with Crippen LogP contribution in [0.2, 0.25) is 0 Å². The van der Waals surface area contributed by atoms with E-state index in [0.29, 0.717) is 12.1 Å². The number of nitrogens with two attached hydrogens (primary N) is 1. The highest BCUT2D eigenvalue weighted by Gasteiger charge is 2.14. The zero-order chi connectivity index (χ0) is 5.98. The van der Waals surface area contributed by atoms with Crippen molar-refractivity contribution in [1.82, 2.24) is 0 Å². The lowest BCUT2D eigenvalue weighted by Crippen LogP contribution is -2.32. The Bertz CT molecular complexity index is 66.9. The molecular weight excluding hydrogens is 102 g/mol. The normalized spacial score (nSPS) is 39.8. The van der Waals surface area contributed by atoms with Gasteiger partial charge in [0.2, 0.25) is 0 Å². The van der Waals surface area contributed by atoms with Crippen LogP contribution in [0.25, 0.3) is 0 Å². The van der Waals surface area contributed by atoms with E-state index in [-0.39, 0.29) is 0 Å². The Morgan fingerprint density at radius 3 is 2.75 bits per heavy atom. The molecule has 1 saturated heterocycles. The summed E-state index contributed by atoms with van der Waals surface area (Å²) in [5.74, 6) is 0. The first kappa shape index (κ1) is 6.05. The highest BCUT2D eigenvalue weighted by atomic mass is 16.5. The summed E-state index contributed by atoms with van der Waals surface area (Å²) in [6, 6.07) is 0.388. The van der Waals surface area contributed by atoms with Gasteiger partial charge < -0.3 is 10.5 Å². The number of ether oxygens (including phenoxy) is 1. The molecule has 0 aliphatic carbocycles. The fraction of sp³-hybridized carbons (Fsp3) is 1.00. The van der Waals surface area contributed by atoms with Crippen LogP contribution in [0.3, 0.4) is 0 Å². The van der Waals surface area contributed by atoms with Crippen molar-refractivity contribution in [2.45, 2.75) is 31.9 Å². The third kappa shape index (κ3) is 1.46. The molecule has 1 aliphatic heterocycles. The minimum absolute atomic E-state index is 0.388. The van der Waals surface area contributed by atoms with Gasteiger partial charge in [-0.15, -0.1) is 0 Å². The van der Waals surface area contributed by atoms with Gasteiger partial charge in [-0.05, 0) is 19.8 Å². The van der Waals surface area contributed by atoms with Gasteiger partial charge in [-0.25, -0.2) is 0 Å². The first-order chi connectivity index (χ1) is 3.79. The molecule has 2 nitrogen and oxygen atoms in total. The third-order valence-electron chi connectivity index (χ3n) is 1.53. The van der Waals surface area contributed by atoms with Gasteiger partial charge in [-0.1, -0.05) is 0 Å². The molecule has 8 heavy (non-hydrogen) atoms. The van der Waals surface area contributed by atoms with Crippen LogP contribution in [-0.4, -0.2) is 18.8 Å². The average Bonchev–Trinajstić information content (AvgIpc) is 1.64. The molecule has 0 radical (unpaired) electrons. The summed E-state index contributed by atoms with van der Waals surface area (Å²) in [5.41, 5.74) is 5.65. The Kier molecular flexibility index (Phi) is 1.86. The number of rotatable bonds is 0. The second kappa shape index (κ2) is 2.46. The average molecular weight is 115 g/mol. The highest BCUT2D eigenvalue weighted by Crippen LogP contribution is 2.10. The molecule has 2 heteroatoms. The van der Waals surface area contributed by atoms with Crippen molar-refractivity contribution in [1.29, 1.82) is 0 Å². The maximum Gasteiger partial charge on any atom is 0.0561 e. The van der Waals surface area contributed by atoms with Gasteiger partial charge in [0, 0.05) is 12.6 Å². The van der Waals surface area contributed by atoms with E-state index >= 15 is 0 Å². The Morgan fingerprint density at radius 2 is 2.38 bits per heavy atom. The molecule has 0 aromatic rings. The predicted octanol–water partition coefficient (Wildman–Crippen LogP) is 0.513. The molecule has 1 unspecified atom stereocenters. The molecule has 1 heterocycles. The zero-order valence-electron chi connectivity index (χ0n) is 5.26. The molecule has 0 saturated carbocycles. The van der Waals surface area contributed by atoms with E-state index in [9.17, 15) is 0 Å². The van der Waals surface area contributed by atoms with E-state index in [0.717, 1.165) is 19.4 Å². The van der Waals surface area contributed by atoms with Crippen molar-refractivity contribution in [3.05, 3.63) is 0 Å². The number of hydrogen-bond acceptors (Lipinski definition) is 2. The lowest BCUT2D eigenvalue weighted by molar-refractivity contribution is 0.0200. The van der Waals surface area contributed by atoms with Gasteiger partial charge in [0.25, 0.3) is 0 Å². The van der Waals surface area contributed by atoms with Gasteiger partial charge in [0.1, 0.15) is 0 Å². The monoisotopic (exact) mass is 115 g/mol. The van der Waals surface area contributed by atoms with Crippen molar-refractivity contribution in [3.8, 4) is 0 Å². The van der Waals surface area contributed by atoms with E-state index in [1.165, 1.54) is 0 Å². The van der Waals surface area contributed by atoms with Crippen molar-refractivity contribution in [2.24, 2.45) is 5.73 Å². The quantitative estimate of drug-likeness (QED) is 0.499. The maximum absolute atomic E-state index is 5.65. The maximum atomic E-state index is 5.65. The predicted molar refractivity (Wildman–Crippen MR) is 32.6 cm³/mol. The molecule has 0 bridgehead atoms. The molecule has 1 aliphatic rings. The number of hydrogen-bond donors (Lipinski definition) is 1. The minimum atomic E-state index is 0.388. The standard InChI is InChI=1S/C6H13NO/c1-5-4-6(7)2-3-8-5/h5-6H,2-4,7H2,1H3/t5-,6?/m0/s1. The Balaban J connectivity index is 2.23. The van der Waals surface area contributed by atoms with E-state index in [2.05, 4.69) is 6.92 Å². The van der Waals surface area contributed by atoms with Crippen molar-refractivity contribution < 1.29 is 4.74 Å². The zero-order valence-corrected chi connectivity index (χ0v) is 5.26. The van der Waals surface area contributed by atoms with Crippen LogP contribution in [0.1, 0.15) is 19.8 Å². The summed E-state index contributed by atoms with van der Waals surface area (Å²) in [5, 5.41) is 0. The van der Waals surface area contributed by atoms with Crippen molar-refractivity contribution >= 4 is 0 Å². The van der Waals surface area contributed by atoms with E-state index in [1.807, 2.05) is 0 Å². The lowest BCUT2D eigenvalue weighted by Gasteiger charge is -2.23. The first-order valence-corrected chi connectivity index (χ1v) is 3.16. The molecule has 2 N–H and O–H groups in total. The molecular formula is C6H13NO. The summed E-state index contributed by atoms with van der Waals surface area (Å²) in [7, 11) is 0. The summed E-state index contributed by atoms with van der Waals surface area (Å²) >= 11 is 0. The van der Waals surface area contributed by atoms with Crippen LogP contribution in [0.15, 0.2) is 0 Å². The topological polar surface area (TPSA) is 35.2 Å². The van der Waals surface area contributed by atoms with Crippen LogP contribution in [-0.2, 0) is 4.74 Å². The molecule has 1 rings (SSSR count). The fourth-order valence-electron chi connectivity index (χ4n) is 1.03. The van der Waals surface area contributed by atoms with E-state index in [1.54, 1.807) is 0 Å². The fourth-order valence-corrected chi connectivity index (χ4v) is 1.03. The van der Waals surface area contributed by atoms with E-state index in [4.69, 9.17) is 10.5 Å². The Labute approximate surface area is 50.0 Å². The molecule has 0 spiro atoms. The van der Waals surface area contributed by atoms with Crippen molar-refractivity contribution in [2.75, 3.05) is 6.61 Å². The Hall–Kier alpha value is -0.0800. The van der Waals surface area contributed by atoms with Crippen LogP contribution in [0.4, 0.5) is 0 Å². The smallest absolute Gasteiger partial charge is 0.0561 e. The van der Waals surface area contributed by atoms with Gasteiger partial charge >= 0.3 is 0 Å². The summed E-state index contributed by atoms with van der Waals surface area (Å²) in [6.45, 7) is 2.92. The summed E-state index contributed by atoms with van der Waals surface area (Å²) in [6.07, 6.45) is 2.45. The molecule has 2 atom stereocenters. The van der Waals surface area contributed by atoms with Crippen LogP contribution < -0.4 is 5.73 Å². The summed E-state index contributed by atoms with van der Waals surface area (Å²) < 4.78 is 5.27. The SMILES string of the molecule is C[C@H]1CC(N)CCO1. The molecule has 1 fully saturated rings. The van der Waals surface area contributed by atoms with Crippen molar-refractivity contribution in [3.63, 3.8) is 0 Å².